The first kappa shape index (κ1) is 12.9. The molecule has 3 heteroatoms. The van der Waals surface area contributed by atoms with E-state index in [1.807, 2.05) is 0 Å². The maximum Gasteiger partial charge on any atom is 0.0462 e. The van der Waals surface area contributed by atoms with Crippen LogP contribution < -0.4 is 5.32 Å². The van der Waals surface area contributed by atoms with Gasteiger partial charge in [0.25, 0.3) is 0 Å². The number of piperazine rings is 1. The Kier molecular flexibility index (Phi) is 5.58. The Hall–Kier alpha value is -0.120. The monoisotopic (exact) mass is 214 g/mol. The van der Waals surface area contributed by atoms with Gasteiger partial charge in [0.2, 0.25) is 0 Å². The highest BCUT2D eigenvalue weighted by molar-refractivity contribution is 4.90. The van der Waals surface area contributed by atoms with Crippen LogP contribution in [0.2, 0.25) is 0 Å². The van der Waals surface area contributed by atoms with Gasteiger partial charge in [-0.15, -0.1) is 0 Å². The molecular weight excluding hydrogens is 188 g/mol. The average molecular weight is 214 g/mol. The van der Waals surface area contributed by atoms with Gasteiger partial charge >= 0.3 is 0 Å². The number of hydrogen-bond acceptors (Lipinski definition) is 3. The van der Waals surface area contributed by atoms with Crippen LogP contribution in [0.3, 0.4) is 0 Å². The summed E-state index contributed by atoms with van der Waals surface area (Å²) in [4.78, 5) is 2.64. The van der Waals surface area contributed by atoms with E-state index < -0.39 is 0 Å². The first-order valence-electron chi connectivity index (χ1n) is 6.17. The molecule has 1 saturated heterocycles. The molecule has 0 amide bonds. The first-order chi connectivity index (χ1) is 7.23. The first-order valence-corrected chi connectivity index (χ1v) is 6.17. The van der Waals surface area contributed by atoms with E-state index in [-0.39, 0.29) is 0 Å². The summed E-state index contributed by atoms with van der Waals surface area (Å²) < 4.78 is 5.08. The Balaban J connectivity index is 2.30. The number of nitrogens with zero attached hydrogens (tertiary/aromatic N) is 1. The van der Waals surface area contributed by atoms with E-state index in [0.717, 1.165) is 19.7 Å². The van der Waals surface area contributed by atoms with Crippen LogP contribution in [0.25, 0.3) is 0 Å². The predicted octanol–water partition coefficient (Wildman–Crippen LogP) is 1.49. The molecule has 0 bridgehead atoms. The Morgan fingerprint density at radius 3 is 2.87 bits per heavy atom. The van der Waals surface area contributed by atoms with Gasteiger partial charge in [0, 0.05) is 38.9 Å². The number of nitrogens with one attached hydrogen (secondary N) is 1. The molecule has 0 aromatic rings. The number of rotatable bonds is 6. The van der Waals surface area contributed by atoms with Crippen molar-refractivity contribution in [2.75, 3.05) is 39.9 Å². The minimum absolute atomic E-state index is 0.366. The second-order valence-electron chi connectivity index (χ2n) is 4.71. The number of methoxy groups -OCH3 is 1. The van der Waals surface area contributed by atoms with Crippen LogP contribution in [0.4, 0.5) is 0 Å². The molecule has 0 radical (unpaired) electrons. The van der Waals surface area contributed by atoms with E-state index in [1.54, 1.807) is 7.11 Å². The molecule has 3 nitrogen and oxygen atoms in total. The van der Waals surface area contributed by atoms with Crippen LogP contribution >= 0.6 is 0 Å². The van der Waals surface area contributed by atoms with E-state index in [1.165, 1.54) is 32.4 Å². The lowest BCUT2D eigenvalue weighted by Crippen LogP contribution is -2.59. The predicted molar refractivity (Wildman–Crippen MR) is 64.2 cm³/mol. The number of hydrogen-bond donors (Lipinski definition) is 1. The van der Waals surface area contributed by atoms with Gasteiger partial charge in [0.15, 0.2) is 0 Å². The van der Waals surface area contributed by atoms with Crippen molar-refractivity contribution >= 4 is 0 Å². The fraction of sp³-hybridized carbons (Fsp3) is 1.00. The van der Waals surface area contributed by atoms with Gasteiger partial charge in [-0.1, -0.05) is 6.92 Å². The van der Waals surface area contributed by atoms with Crippen molar-refractivity contribution in [2.45, 2.75) is 38.6 Å². The number of ether oxygens (including phenoxy) is 1. The largest absolute Gasteiger partial charge is 0.385 e. The van der Waals surface area contributed by atoms with Gasteiger partial charge in [0.1, 0.15) is 0 Å². The minimum Gasteiger partial charge on any atom is -0.385 e. The third-order valence-corrected chi connectivity index (χ3v) is 3.62. The third kappa shape index (κ3) is 3.74. The van der Waals surface area contributed by atoms with Gasteiger partial charge in [-0.2, -0.15) is 0 Å². The van der Waals surface area contributed by atoms with Crippen molar-refractivity contribution < 1.29 is 4.74 Å². The van der Waals surface area contributed by atoms with Gasteiger partial charge in [-0.05, 0) is 32.7 Å². The zero-order chi connectivity index (χ0) is 11.1. The molecule has 1 heterocycles. The molecule has 0 aliphatic carbocycles. The highest BCUT2D eigenvalue weighted by Gasteiger charge is 2.31. The van der Waals surface area contributed by atoms with Crippen molar-refractivity contribution in [3.63, 3.8) is 0 Å². The van der Waals surface area contributed by atoms with Gasteiger partial charge < -0.3 is 10.1 Å². The maximum absolute atomic E-state index is 5.08. The number of unbranched alkanes of at least 4 members (excludes halogenated alkanes) is 1. The quantitative estimate of drug-likeness (QED) is 0.678. The standard InChI is InChI=1S/C12H26N2O/c1-4-12(2)11-13-7-9-14(12)8-5-6-10-15-3/h13H,4-11H2,1-3H3. The molecule has 1 fully saturated rings. The second kappa shape index (κ2) is 6.46. The fourth-order valence-corrected chi connectivity index (χ4v) is 2.23. The summed E-state index contributed by atoms with van der Waals surface area (Å²) in [5.74, 6) is 0. The Morgan fingerprint density at radius 2 is 2.20 bits per heavy atom. The molecule has 0 saturated carbocycles. The van der Waals surface area contributed by atoms with Gasteiger partial charge in [0.05, 0.1) is 0 Å². The lowest BCUT2D eigenvalue weighted by Gasteiger charge is -2.45. The lowest BCUT2D eigenvalue weighted by molar-refractivity contribution is 0.0670. The van der Waals surface area contributed by atoms with E-state index in [2.05, 4.69) is 24.1 Å². The van der Waals surface area contributed by atoms with Crippen LogP contribution in [0, 0.1) is 0 Å². The minimum atomic E-state index is 0.366. The maximum atomic E-state index is 5.08. The highest BCUT2D eigenvalue weighted by atomic mass is 16.5. The molecule has 0 aromatic carbocycles. The second-order valence-corrected chi connectivity index (χ2v) is 4.71. The molecule has 1 atom stereocenters. The summed E-state index contributed by atoms with van der Waals surface area (Å²) in [6.45, 7) is 10.2. The average Bonchev–Trinajstić information content (AvgIpc) is 2.27. The van der Waals surface area contributed by atoms with E-state index in [0.29, 0.717) is 5.54 Å². The van der Waals surface area contributed by atoms with Crippen molar-refractivity contribution in [1.29, 1.82) is 0 Å². The van der Waals surface area contributed by atoms with E-state index in [4.69, 9.17) is 4.74 Å². The van der Waals surface area contributed by atoms with Crippen molar-refractivity contribution in [2.24, 2.45) is 0 Å². The molecule has 90 valence electrons. The zero-order valence-corrected chi connectivity index (χ0v) is 10.5. The smallest absolute Gasteiger partial charge is 0.0462 e. The summed E-state index contributed by atoms with van der Waals surface area (Å²) >= 11 is 0. The summed E-state index contributed by atoms with van der Waals surface area (Å²) in [6, 6.07) is 0. The summed E-state index contributed by atoms with van der Waals surface area (Å²) in [5, 5.41) is 3.49. The van der Waals surface area contributed by atoms with Crippen molar-refractivity contribution in [3.8, 4) is 0 Å². The highest BCUT2D eigenvalue weighted by Crippen LogP contribution is 2.21. The Labute approximate surface area is 94.2 Å². The summed E-state index contributed by atoms with van der Waals surface area (Å²) in [6.07, 6.45) is 3.66. The Morgan fingerprint density at radius 1 is 1.40 bits per heavy atom. The molecule has 1 unspecified atom stereocenters. The van der Waals surface area contributed by atoms with E-state index in [9.17, 15) is 0 Å². The molecule has 15 heavy (non-hydrogen) atoms. The Bertz CT molecular complexity index is 175. The molecule has 1 rings (SSSR count). The lowest BCUT2D eigenvalue weighted by atomic mass is 9.94. The zero-order valence-electron chi connectivity index (χ0n) is 10.5. The molecular formula is C12H26N2O. The fourth-order valence-electron chi connectivity index (χ4n) is 2.23. The van der Waals surface area contributed by atoms with Gasteiger partial charge in [-0.25, -0.2) is 0 Å². The third-order valence-electron chi connectivity index (χ3n) is 3.62. The topological polar surface area (TPSA) is 24.5 Å². The van der Waals surface area contributed by atoms with Crippen LogP contribution in [0.1, 0.15) is 33.1 Å². The van der Waals surface area contributed by atoms with Crippen molar-refractivity contribution in [1.82, 2.24) is 10.2 Å². The molecule has 1 aliphatic heterocycles. The van der Waals surface area contributed by atoms with Crippen LogP contribution in [-0.2, 0) is 4.74 Å². The van der Waals surface area contributed by atoms with Crippen LogP contribution in [-0.4, -0.2) is 50.3 Å². The SMILES string of the molecule is CCC1(C)CNCCN1CCCCOC. The molecule has 1 aliphatic rings. The molecule has 1 N–H and O–H groups in total. The van der Waals surface area contributed by atoms with E-state index >= 15 is 0 Å². The normalized spacial score (nSPS) is 28.2. The summed E-state index contributed by atoms with van der Waals surface area (Å²) in [5.41, 5.74) is 0.366. The van der Waals surface area contributed by atoms with Crippen LogP contribution in [0.5, 0.6) is 0 Å². The van der Waals surface area contributed by atoms with Crippen molar-refractivity contribution in [3.05, 3.63) is 0 Å². The van der Waals surface area contributed by atoms with Crippen LogP contribution in [0.15, 0.2) is 0 Å². The molecule has 0 spiro atoms. The molecule has 0 aromatic heterocycles. The van der Waals surface area contributed by atoms with Gasteiger partial charge in [-0.3, -0.25) is 4.90 Å². The summed E-state index contributed by atoms with van der Waals surface area (Å²) in [7, 11) is 1.78.